The van der Waals surface area contributed by atoms with E-state index in [4.69, 9.17) is 4.42 Å². The van der Waals surface area contributed by atoms with Crippen LogP contribution in [0, 0.1) is 6.92 Å². The number of nitrogens with zero attached hydrogens (tertiary/aromatic N) is 3. The van der Waals surface area contributed by atoms with E-state index in [2.05, 4.69) is 38.7 Å². The van der Waals surface area contributed by atoms with Gasteiger partial charge in [-0.25, -0.2) is 4.98 Å². The van der Waals surface area contributed by atoms with Crippen LogP contribution in [0.4, 0.5) is 5.95 Å². The maximum atomic E-state index is 5.54. The van der Waals surface area contributed by atoms with Crippen LogP contribution in [0.15, 0.2) is 65.2 Å². The van der Waals surface area contributed by atoms with Crippen molar-refractivity contribution in [1.29, 1.82) is 0 Å². The highest BCUT2D eigenvalue weighted by Gasteiger charge is 2.07. The molecular formula is C19H16N4O. The first-order valence-corrected chi connectivity index (χ1v) is 7.77. The van der Waals surface area contributed by atoms with Crippen molar-refractivity contribution in [3.8, 4) is 11.3 Å². The van der Waals surface area contributed by atoms with Gasteiger partial charge in [-0.15, -0.1) is 5.10 Å². The molecule has 118 valence electrons. The molecule has 0 saturated carbocycles. The molecule has 4 rings (SSSR count). The van der Waals surface area contributed by atoms with Crippen molar-refractivity contribution in [2.75, 3.05) is 5.32 Å². The molecule has 24 heavy (non-hydrogen) atoms. The van der Waals surface area contributed by atoms with Gasteiger partial charge >= 0.3 is 0 Å². The lowest BCUT2D eigenvalue weighted by Gasteiger charge is -2.07. The third kappa shape index (κ3) is 2.84. The Balaban J connectivity index is 1.64. The maximum Gasteiger partial charge on any atom is 0.243 e. The van der Waals surface area contributed by atoms with Crippen molar-refractivity contribution in [3.63, 3.8) is 0 Å². The summed E-state index contributed by atoms with van der Waals surface area (Å²) in [6, 6.07) is 18.3. The average molecular weight is 316 g/mol. The van der Waals surface area contributed by atoms with E-state index in [-0.39, 0.29) is 0 Å². The van der Waals surface area contributed by atoms with E-state index < -0.39 is 0 Å². The lowest BCUT2D eigenvalue weighted by atomic mass is 10.0. The smallest absolute Gasteiger partial charge is 0.243 e. The van der Waals surface area contributed by atoms with Gasteiger partial charge in [0.1, 0.15) is 11.5 Å². The number of fused-ring (bicyclic) bond motifs is 1. The molecule has 0 spiro atoms. The Morgan fingerprint density at radius 1 is 1.00 bits per heavy atom. The standard InChI is InChI=1S/C19H16N4O/c1-13-9-10-15(24-13)11-20-19-22-18(12-21-23-19)17-8-4-6-14-5-2-3-7-16(14)17/h2-10,12H,11H2,1H3,(H,20,22,23). The highest BCUT2D eigenvalue weighted by atomic mass is 16.3. The zero-order valence-electron chi connectivity index (χ0n) is 13.2. The fourth-order valence-electron chi connectivity index (χ4n) is 2.70. The molecule has 2 heterocycles. The number of aryl methyl sites for hydroxylation is 1. The molecule has 0 fully saturated rings. The zero-order valence-corrected chi connectivity index (χ0v) is 13.2. The number of rotatable bonds is 4. The number of hydrogen-bond donors (Lipinski definition) is 1. The molecule has 0 aliphatic heterocycles. The second-order valence-corrected chi connectivity index (χ2v) is 5.56. The third-order valence-electron chi connectivity index (χ3n) is 3.84. The lowest BCUT2D eigenvalue weighted by molar-refractivity contribution is 0.490. The van der Waals surface area contributed by atoms with E-state index >= 15 is 0 Å². The molecule has 0 unspecified atom stereocenters. The number of benzene rings is 2. The van der Waals surface area contributed by atoms with Crippen LogP contribution in [0.1, 0.15) is 11.5 Å². The van der Waals surface area contributed by atoms with Crippen LogP contribution >= 0.6 is 0 Å². The molecule has 5 heteroatoms. The van der Waals surface area contributed by atoms with Gasteiger partial charge in [0, 0.05) is 5.56 Å². The fraction of sp³-hybridized carbons (Fsp3) is 0.105. The highest BCUT2D eigenvalue weighted by Crippen LogP contribution is 2.27. The molecule has 0 amide bonds. The van der Waals surface area contributed by atoms with Gasteiger partial charge in [-0.1, -0.05) is 42.5 Å². The predicted octanol–water partition coefficient (Wildman–Crippen LogP) is 4.21. The number of aromatic nitrogens is 3. The maximum absolute atomic E-state index is 5.54. The molecule has 4 aromatic rings. The minimum Gasteiger partial charge on any atom is -0.465 e. The van der Waals surface area contributed by atoms with Crippen LogP contribution in [0.3, 0.4) is 0 Å². The number of nitrogens with one attached hydrogen (secondary N) is 1. The summed E-state index contributed by atoms with van der Waals surface area (Å²) < 4.78 is 5.54. The first-order valence-electron chi connectivity index (χ1n) is 7.77. The van der Waals surface area contributed by atoms with Gasteiger partial charge in [0.2, 0.25) is 5.95 Å². The van der Waals surface area contributed by atoms with Crippen LogP contribution in [-0.4, -0.2) is 15.2 Å². The molecule has 0 aliphatic rings. The van der Waals surface area contributed by atoms with Gasteiger partial charge in [-0.3, -0.25) is 0 Å². The second kappa shape index (κ2) is 6.12. The molecule has 0 saturated heterocycles. The summed E-state index contributed by atoms with van der Waals surface area (Å²) in [5, 5.41) is 13.6. The predicted molar refractivity (Wildman–Crippen MR) is 93.5 cm³/mol. The monoisotopic (exact) mass is 316 g/mol. The Labute approximate surface area is 139 Å². The van der Waals surface area contributed by atoms with E-state index in [0.29, 0.717) is 12.5 Å². The minimum absolute atomic E-state index is 0.481. The van der Waals surface area contributed by atoms with E-state index in [1.807, 2.05) is 43.3 Å². The molecule has 2 aromatic heterocycles. The SMILES string of the molecule is Cc1ccc(CNc2nncc(-c3cccc4ccccc34)n2)o1. The van der Waals surface area contributed by atoms with E-state index in [1.54, 1.807) is 6.20 Å². The van der Waals surface area contributed by atoms with E-state index in [9.17, 15) is 0 Å². The summed E-state index contributed by atoms with van der Waals surface area (Å²) in [5.74, 6) is 2.21. The number of anilines is 1. The Bertz CT molecular complexity index is 988. The van der Waals surface area contributed by atoms with Crippen LogP contribution in [-0.2, 0) is 6.54 Å². The zero-order chi connectivity index (χ0) is 16.4. The van der Waals surface area contributed by atoms with Gasteiger partial charge in [0.15, 0.2) is 0 Å². The van der Waals surface area contributed by atoms with Crippen molar-refractivity contribution in [1.82, 2.24) is 15.2 Å². The van der Waals surface area contributed by atoms with E-state index in [0.717, 1.165) is 28.2 Å². The van der Waals surface area contributed by atoms with Crippen molar-refractivity contribution in [2.24, 2.45) is 0 Å². The highest BCUT2D eigenvalue weighted by molar-refractivity contribution is 5.95. The molecule has 0 atom stereocenters. The normalized spacial score (nSPS) is 10.9. The van der Waals surface area contributed by atoms with Gasteiger partial charge in [0.05, 0.1) is 18.4 Å². The summed E-state index contributed by atoms with van der Waals surface area (Å²) in [4.78, 5) is 4.59. The summed E-state index contributed by atoms with van der Waals surface area (Å²) >= 11 is 0. The third-order valence-corrected chi connectivity index (χ3v) is 3.84. The lowest BCUT2D eigenvalue weighted by Crippen LogP contribution is -2.04. The van der Waals surface area contributed by atoms with Crippen molar-refractivity contribution >= 4 is 16.7 Å². The number of hydrogen-bond acceptors (Lipinski definition) is 5. The summed E-state index contributed by atoms with van der Waals surface area (Å²) in [6.45, 7) is 2.44. The summed E-state index contributed by atoms with van der Waals surface area (Å²) in [5.41, 5.74) is 1.83. The average Bonchev–Trinajstić information content (AvgIpc) is 3.05. The molecular weight excluding hydrogens is 300 g/mol. The Morgan fingerprint density at radius 3 is 2.75 bits per heavy atom. The Morgan fingerprint density at radius 2 is 1.88 bits per heavy atom. The van der Waals surface area contributed by atoms with Crippen molar-refractivity contribution < 1.29 is 4.42 Å². The Hall–Kier alpha value is -3.21. The van der Waals surface area contributed by atoms with Crippen molar-refractivity contribution in [2.45, 2.75) is 13.5 Å². The van der Waals surface area contributed by atoms with Crippen molar-refractivity contribution in [3.05, 3.63) is 72.3 Å². The molecule has 5 nitrogen and oxygen atoms in total. The van der Waals surface area contributed by atoms with Crippen LogP contribution in [0.5, 0.6) is 0 Å². The van der Waals surface area contributed by atoms with Crippen LogP contribution in [0.2, 0.25) is 0 Å². The van der Waals surface area contributed by atoms with Gasteiger partial charge < -0.3 is 9.73 Å². The largest absolute Gasteiger partial charge is 0.465 e. The molecule has 0 bridgehead atoms. The quantitative estimate of drug-likeness (QED) is 0.611. The second-order valence-electron chi connectivity index (χ2n) is 5.56. The van der Waals surface area contributed by atoms with Gasteiger partial charge in [0.25, 0.3) is 0 Å². The number of furan rings is 1. The molecule has 0 radical (unpaired) electrons. The minimum atomic E-state index is 0.481. The molecule has 2 aromatic carbocycles. The van der Waals surface area contributed by atoms with Gasteiger partial charge in [-0.2, -0.15) is 5.10 Å². The van der Waals surface area contributed by atoms with Crippen LogP contribution < -0.4 is 5.32 Å². The summed E-state index contributed by atoms with van der Waals surface area (Å²) in [6.07, 6.45) is 1.68. The first-order chi connectivity index (χ1) is 11.8. The van der Waals surface area contributed by atoms with Crippen LogP contribution in [0.25, 0.3) is 22.0 Å². The van der Waals surface area contributed by atoms with E-state index in [1.165, 1.54) is 5.39 Å². The fourth-order valence-corrected chi connectivity index (χ4v) is 2.70. The first kappa shape index (κ1) is 14.4. The summed E-state index contributed by atoms with van der Waals surface area (Å²) in [7, 11) is 0. The Kier molecular flexibility index (Phi) is 3.67. The molecule has 0 aliphatic carbocycles. The van der Waals surface area contributed by atoms with Gasteiger partial charge in [-0.05, 0) is 29.8 Å². The molecule has 1 N–H and O–H groups in total. The topological polar surface area (TPSA) is 63.8 Å².